The molecular weight excluding hydrogens is 404 g/mol. The molecule has 25 heavy (non-hydrogen) atoms. The van der Waals surface area contributed by atoms with E-state index in [9.17, 15) is 8.42 Å². The minimum atomic E-state index is -3.56. The topological polar surface area (TPSA) is 65.5 Å². The van der Waals surface area contributed by atoms with Crippen molar-refractivity contribution < 1.29 is 8.42 Å². The first kappa shape index (κ1) is 18.3. The summed E-state index contributed by atoms with van der Waals surface area (Å²) in [6, 6.07) is 10.4. The number of piperazine rings is 1. The number of sulfonamides is 1. The molecule has 1 aromatic heterocycles. The maximum absolute atomic E-state index is 12.5. The lowest BCUT2D eigenvalue weighted by atomic mass is 10.2. The van der Waals surface area contributed by atoms with Crippen LogP contribution in [0.5, 0.6) is 0 Å². The molecule has 134 valence electrons. The molecule has 0 amide bonds. The van der Waals surface area contributed by atoms with E-state index in [-0.39, 0.29) is 11.4 Å². The Morgan fingerprint density at radius 1 is 1.12 bits per heavy atom. The van der Waals surface area contributed by atoms with E-state index < -0.39 is 10.0 Å². The van der Waals surface area contributed by atoms with Crippen LogP contribution in [0.4, 0.5) is 5.82 Å². The lowest BCUT2D eigenvalue weighted by Gasteiger charge is -2.34. The van der Waals surface area contributed by atoms with Crippen molar-refractivity contribution >= 4 is 31.8 Å². The van der Waals surface area contributed by atoms with Crippen LogP contribution in [0, 0.1) is 0 Å². The van der Waals surface area contributed by atoms with E-state index in [2.05, 4.69) is 42.5 Å². The number of likely N-dealkylation sites (N-methyl/N-ethyl adjacent to an activating group) is 1. The lowest BCUT2D eigenvalue weighted by molar-refractivity contribution is 0.312. The first-order valence-corrected chi connectivity index (χ1v) is 10.4. The summed E-state index contributed by atoms with van der Waals surface area (Å²) in [5, 5.41) is 0. The normalized spacial score (nSPS) is 16.2. The number of nitrogens with one attached hydrogen (secondary N) is 1. The Bertz CT molecular complexity index is 819. The quantitative estimate of drug-likeness (QED) is 0.795. The SMILES string of the molecule is CN1CCN(c2ncccc2CNS(=O)(=O)c2ccc(Br)cc2)CC1. The molecule has 0 spiro atoms. The Kier molecular flexibility index (Phi) is 5.73. The third kappa shape index (κ3) is 4.58. The molecule has 6 nitrogen and oxygen atoms in total. The summed E-state index contributed by atoms with van der Waals surface area (Å²) in [5.41, 5.74) is 0.882. The first-order valence-electron chi connectivity index (χ1n) is 8.08. The third-order valence-electron chi connectivity index (χ3n) is 4.25. The molecular formula is C17H21BrN4O2S. The van der Waals surface area contributed by atoms with Gasteiger partial charge in [0, 0.05) is 49.0 Å². The molecule has 1 saturated heterocycles. The number of nitrogens with zero attached hydrogens (tertiary/aromatic N) is 3. The average Bonchev–Trinajstić information content (AvgIpc) is 2.61. The Balaban J connectivity index is 1.74. The fraction of sp³-hybridized carbons (Fsp3) is 0.353. The van der Waals surface area contributed by atoms with Crippen LogP contribution < -0.4 is 9.62 Å². The summed E-state index contributed by atoms with van der Waals surface area (Å²) in [4.78, 5) is 9.21. The van der Waals surface area contributed by atoms with Gasteiger partial charge in [-0.3, -0.25) is 0 Å². The maximum Gasteiger partial charge on any atom is 0.240 e. The zero-order valence-corrected chi connectivity index (χ0v) is 16.4. The summed E-state index contributed by atoms with van der Waals surface area (Å²) >= 11 is 3.31. The van der Waals surface area contributed by atoms with Gasteiger partial charge >= 0.3 is 0 Å². The zero-order chi connectivity index (χ0) is 17.9. The van der Waals surface area contributed by atoms with Gasteiger partial charge < -0.3 is 9.80 Å². The van der Waals surface area contributed by atoms with Gasteiger partial charge in [-0.05, 0) is 37.4 Å². The molecule has 1 N–H and O–H groups in total. The van der Waals surface area contributed by atoms with Gasteiger partial charge in [0.2, 0.25) is 10.0 Å². The molecule has 1 aliphatic heterocycles. The van der Waals surface area contributed by atoms with Crippen molar-refractivity contribution in [1.82, 2.24) is 14.6 Å². The molecule has 3 rings (SSSR count). The number of rotatable bonds is 5. The van der Waals surface area contributed by atoms with Gasteiger partial charge in [0.1, 0.15) is 5.82 Å². The van der Waals surface area contributed by atoms with E-state index in [1.165, 1.54) is 0 Å². The number of benzene rings is 1. The Morgan fingerprint density at radius 2 is 1.80 bits per heavy atom. The van der Waals surface area contributed by atoms with Crippen molar-refractivity contribution in [3.05, 3.63) is 52.6 Å². The molecule has 1 aliphatic rings. The van der Waals surface area contributed by atoms with Crippen LogP contribution in [0.25, 0.3) is 0 Å². The summed E-state index contributed by atoms with van der Waals surface area (Å²) < 4.78 is 28.5. The second kappa shape index (κ2) is 7.82. The molecule has 0 aliphatic carbocycles. The summed E-state index contributed by atoms with van der Waals surface area (Å²) in [6.07, 6.45) is 1.75. The van der Waals surface area contributed by atoms with Crippen LogP contribution in [0.3, 0.4) is 0 Å². The highest BCUT2D eigenvalue weighted by Gasteiger charge is 2.19. The summed E-state index contributed by atoms with van der Waals surface area (Å²) in [6.45, 7) is 3.94. The predicted octanol–water partition coefficient (Wildman–Crippen LogP) is 2.07. The van der Waals surface area contributed by atoms with Crippen molar-refractivity contribution in [3.8, 4) is 0 Å². The molecule has 2 heterocycles. The van der Waals surface area contributed by atoms with E-state index in [1.807, 2.05) is 12.1 Å². The second-order valence-electron chi connectivity index (χ2n) is 6.05. The standard InChI is InChI=1S/C17H21BrN4O2S/c1-21-9-11-22(12-10-21)17-14(3-2-8-19-17)13-20-25(23,24)16-6-4-15(18)5-7-16/h2-8,20H,9-13H2,1H3. The summed E-state index contributed by atoms with van der Waals surface area (Å²) in [5.74, 6) is 0.856. The first-order chi connectivity index (χ1) is 12.0. The van der Waals surface area contributed by atoms with Crippen LogP contribution >= 0.6 is 15.9 Å². The third-order valence-corrected chi connectivity index (χ3v) is 6.19. The zero-order valence-electron chi connectivity index (χ0n) is 14.0. The van der Waals surface area contributed by atoms with Gasteiger partial charge in [-0.1, -0.05) is 22.0 Å². The van der Waals surface area contributed by atoms with E-state index in [4.69, 9.17) is 0 Å². The molecule has 0 atom stereocenters. The van der Waals surface area contributed by atoms with Crippen LogP contribution in [0.2, 0.25) is 0 Å². The highest BCUT2D eigenvalue weighted by Crippen LogP contribution is 2.20. The Hall–Kier alpha value is -1.48. The predicted molar refractivity (Wildman–Crippen MR) is 102 cm³/mol. The van der Waals surface area contributed by atoms with Crippen LogP contribution in [0.15, 0.2) is 52.0 Å². The smallest absolute Gasteiger partial charge is 0.240 e. The lowest BCUT2D eigenvalue weighted by Crippen LogP contribution is -2.45. The largest absolute Gasteiger partial charge is 0.354 e. The maximum atomic E-state index is 12.5. The van der Waals surface area contributed by atoms with E-state index >= 15 is 0 Å². The monoisotopic (exact) mass is 424 g/mol. The van der Waals surface area contributed by atoms with Gasteiger partial charge in [0.15, 0.2) is 0 Å². The molecule has 0 radical (unpaired) electrons. The fourth-order valence-electron chi connectivity index (χ4n) is 2.74. The highest BCUT2D eigenvalue weighted by molar-refractivity contribution is 9.10. The number of halogens is 1. The minimum absolute atomic E-state index is 0.216. The van der Waals surface area contributed by atoms with Crippen LogP contribution in [-0.4, -0.2) is 51.5 Å². The number of hydrogen-bond acceptors (Lipinski definition) is 5. The number of anilines is 1. The van der Waals surface area contributed by atoms with Gasteiger partial charge in [0.05, 0.1) is 4.90 Å². The van der Waals surface area contributed by atoms with Crippen molar-refractivity contribution in [3.63, 3.8) is 0 Å². The number of hydrogen-bond donors (Lipinski definition) is 1. The van der Waals surface area contributed by atoms with Gasteiger partial charge in [0.25, 0.3) is 0 Å². The van der Waals surface area contributed by atoms with Gasteiger partial charge in [-0.15, -0.1) is 0 Å². The van der Waals surface area contributed by atoms with Crippen LogP contribution in [0.1, 0.15) is 5.56 Å². The van der Waals surface area contributed by atoms with Crippen molar-refractivity contribution in [2.24, 2.45) is 0 Å². The number of aromatic nitrogens is 1. The molecule has 8 heteroatoms. The van der Waals surface area contributed by atoms with E-state index in [1.54, 1.807) is 30.5 Å². The molecule has 0 unspecified atom stereocenters. The molecule has 0 bridgehead atoms. The molecule has 2 aromatic rings. The molecule has 1 aromatic carbocycles. The molecule has 1 fully saturated rings. The second-order valence-corrected chi connectivity index (χ2v) is 8.74. The van der Waals surface area contributed by atoms with Crippen molar-refractivity contribution in [2.45, 2.75) is 11.4 Å². The average molecular weight is 425 g/mol. The highest BCUT2D eigenvalue weighted by atomic mass is 79.9. The van der Waals surface area contributed by atoms with Crippen molar-refractivity contribution in [2.75, 3.05) is 38.1 Å². The van der Waals surface area contributed by atoms with E-state index in [0.717, 1.165) is 42.0 Å². The number of pyridine rings is 1. The minimum Gasteiger partial charge on any atom is -0.354 e. The fourth-order valence-corrected chi connectivity index (χ4v) is 4.01. The van der Waals surface area contributed by atoms with Crippen molar-refractivity contribution in [1.29, 1.82) is 0 Å². The summed E-state index contributed by atoms with van der Waals surface area (Å²) in [7, 11) is -1.46. The Morgan fingerprint density at radius 3 is 2.48 bits per heavy atom. The molecule has 0 saturated carbocycles. The Labute approximate surface area is 157 Å². The van der Waals surface area contributed by atoms with Crippen LogP contribution in [-0.2, 0) is 16.6 Å². The van der Waals surface area contributed by atoms with Gasteiger partial charge in [-0.25, -0.2) is 18.1 Å². The van der Waals surface area contributed by atoms with Gasteiger partial charge in [-0.2, -0.15) is 0 Å². The van der Waals surface area contributed by atoms with E-state index in [0.29, 0.717) is 0 Å².